The number of rotatable bonds is 5. The summed E-state index contributed by atoms with van der Waals surface area (Å²) in [4.78, 5) is 2.55. The van der Waals surface area contributed by atoms with E-state index in [-0.39, 0.29) is 6.04 Å². The first kappa shape index (κ1) is 15.1. The van der Waals surface area contributed by atoms with Crippen LogP contribution in [0, 0.1) is 0 Å². The molecule has 1 aliphatic rings. The molecular formula is C19H24N2O. The highest BCUT2D eigenvalue weighted by atomic mass is 16.5. The Balaban J connectivity index is 2.01. The fraction of sp³-hybridized carbons (Fsp3) is 0.368. The summed E-state index contributed by atoms with van der Waals surface area (Å²) in [6.45, 7) is 6.93. The summed E-state index contributed by atoms with van der Waals surface area (Å²) >= 11 is 0. The van der Waals surface area contributed by atoms with Gasteiger partial charge < -0.3 is 10.1 Å². The van der Waals surface area contributed by atoms with E-state index < -0.39 is 0 Å². The maximum Gasteiger partial charge on any atom is 0.124 e. The van der Waals surface area contributed by atoms with Crippen LogP contribution in [-0.4, -0.2) is 37.7 Å². The highest BCUT2D eigenvalue weighted by Gasteiger charge is 2.26. The molecule has 0 saturated carbocycles. The Labute approximate surface area is 132 Å². The van der Waals surface area contributed by atoms with Gasteiger partial charge in [-0.1, -0.05) is 48.5 Å². The molecule has 3 rings (SSSR count). The number of hydrogen-bond donors (Lipinski definition) is 1. The van der Waals surface area contributed by atoms with Crippen LogP contribution in [0.25, 0.3) is 0 Å². The Morgan fingerprint density at radius 3 is 2.41 bits per heavy atom. The molecule has 116 valence electrons. The summed E-state index contributed by atoms with van der Waals surface area (Å²) in [5.41, 5.74) is 2.59. The zero-order valence-corrected chi connectivity index (χ0v) is 13.2. The topological polar surface area (TPSA) is 24.5 Å². The molecule has 3 nitrogen and oxygen atoms in total. The molecule has 0 aromatic heterocycles. The molecule has 0 radical (unpaired) electrons. The number of nitrogens with one attached hydrogen (secondary N) is 1. The predicted octanol–water partition coefficient (Wildman–Crippen LogP) is 3.08. The second-order valence-electron chi connectivity index (χ2n) is 5.57. The Kier molecular flexibility index (Phi) is 5.09. The Hall–Kier alpha value is -1.84. The fourth-order valence-electron chi connectivity index (χ4n) is 3.16. The van der Waals surface area contributed by atoms with E-state index in [0.29, 0.717) is 6.61 Å². The van der Waals surface area contributed by atoms with Crippen molar-refractivity contribution in [2.24, 2.45) is 0 Å². The van der Waals surface area contributed by atoms with Crippen molar-refractivity contribution in [3.63, 3.8) is 0 Å². The maximum atomic E-state index is 5.89. The molecule has 0 bridgehead atoms. The normalized spacial score (nSPS) is 17.1. The summed E-state index contributed by atoms with van der Waals surface area (Å²) in [6, 6.07) is 19.4. The average Bonchev–Trinajstić information content (AvgIpc) is 2.59. The predicted molar refractivity (Wildman–Crippen MR) is 90.3 cm³/mol. The molecule has 1 heterocycles. The van der Waals surface area contributed by atoms with Gasteiger partial charge in [0.25, 0.3) is 0 Å². The summed E-state index contributed by atoms with van der Waals surface area (Å²) in [6.07, 6.45) is 0. The van der Waals surface area contributed by atoms with Gasteiger partial charge in [-0.25, -0.2) is 0 Å². The first-order valence-corrected chi connectivity index (χ1v) is 8.11. The van der Waals surface area contributed by atoms with E-state index >= 15 is 0 Å². The van der Waals surface area contributed by atoms with Crippen molar-refractivity contribution in [3.05, 3.63) is 65.7 Å². The van der Waals surface area contributed by atoms with Gasteiger partial charge in [-0.15, -0.1) is 0 Å². The Morgan fingerprint density at radius 1 is 1.00 bits per heavy atom. The lowest BCUT2D eigenvalue weighted by atomic mass is 9.95. The highest BCUT2D eigenvalue weighted by Crippen LogP contribution is 2.34. The lowest BCUT2D eigenvalue weighted by Gasteiger charge is -2.36. The molecular weight excluding hydrogens is 272 g/mol. The SMILES string of the molecule is CCOc1ccccc1C(c1ccccc1)N1CCNCC1. The van der Waals surface area contributed by atoms with Crippen molar-refractivity contribution >= 4 is 0 Å². The third-order valence-corrected chi connectivity index (χ3v) is 4.15. The van der Waals surface area contributed by atoms with E-state index in [1.807, 2.05) is 13.0 Å². The first-order chi connectivity index (χ1) is 10.9. The number of piperazine rings is 1. The van der Waals surface area contributed by atoms with Crippen LogP contribution in [0.1, 0.15) is 24.1 Å². The van der Waals surface area contributed by atoms with Crippen LogP contribution >= 0.6 is 0 Å². The lowest BCUT2D eigenvalue weighted by Crippen LogP contribution is -2.45. The van der Waals surface area contributed by atoms with Crippen molar-refractivity contribution < 1.29 is 4.74 Å². The van der Waals surface area contributed by atoms with Crippen LogP contribution in [0.2, 0.25) is 0 Å². The molecule has 1 unspecified atom stereocenters. The van der Waals surface area contributed by atoms with Crippen LogP contribution in [0.4, 0.5) is 0 Å². The highest BCUT2D eigenvalue weighted by molar-refractivity contribution is 5.41. The molecule has 2 aromatic rings. The standard InChI is InChI=1S/C19H24N2O/c1-2-22-18-11-7-6-10-17(18)19(16-8-4-3-5-9-16)21-14-12-20-13-15-21/h3-11,19-20H,2,12-15H2,1H3. The van der Waals surface area contributed by atoms with Crippen molar-refractivity contribution in [2.75, 3.05) is 32.8 Å². The molecule has 0 aliphatic carbocycles. The largest absolute Gasteiger partial charge is 0.494 e. The molecule has 22 heavy (non-hydrogen) atoms. The van der Waals surface area contributed by atoms with Gasteiger partial charge in [0, 0.05) is 31.7 Å². The van der Waals surface area contributed by atoms with Crippen LogP contribution in [0.15, 0.2) is 54.6 Å². The summed E-state index contributed by atoms with van der Waals surface area (Å²) in [7, 11) is 0. The number of benzene rings is 2. The van der Waals surface area contributed by atoms with E-state index in [0.717, 1.165) is 31.9 Å². The third-order valence-electron chi connectivity index (χ3n) is 4.15. The van der Waals surface area contributed by atoms with E-state index in [9.17, 15) is 0 Å². The molecule has 1 atom stereocenters. The minimum atomic E-state index is 0.256. The average molecular weight is 296 g/mol. The Bertz CT molecular complexity index is 579. The minimum absolute atomic E-state index is 0.256. The molecule has 1 saturated heterocycles. The van der Waals surface area contributed by atoms with E-state index in [4.69, 9.17) is 4.74 Å². The minimum Gasteiger partial charge on any atom is -0.494 e. The zero-order valence-electron chi connectivity index (χ0n) is 13.2. The number of nitrogens with zero attached hydrogens (tertiary/aromatic N) is 1. The molecule has 0 spiro atoms. The molecule has 0 amide bonds. The van der Waals surface area contributed by atoms with Crippen LogP contribution < -0.4 is 10.1 Å². The van der Waals surface area contributed by atoms with Gasteiger partial charge in [0.05, 0.1) is 12.6 Å². The van der Waals surface area contributed by atoms with Gasteiger partial charge in [0.15, 0.2) is 0 Å². The second-order valence-corrected chi connectivity index (χ2v) is 5.57. The molecule has 2 aromatic carbocycles. The van der Waals surface area contributed by atoms with E-state index in [1.165, 1.54) is 11.1 Å². The van der Waals surface area contributed by atoms with Crippen LogP contribution in [0.3, 0.4) is 0 Å². The molecule has 1 N–H and O–H groups in total. The van der Waals surface area contributed by atoms with Gasteiger partial charge in [0.2, 0.25) is 0 Å². The molecule has 3 heteroatoms. The number of ether oxygens (including phenoxy) is 1. The number of hydrogen-bond acceptors (Lipinski definition) is 3. The van der Waals surface area contributed by atoms with Crippen molar-refractivity contribution in [2.45, 2.75) is 13.0 Å². The van der Waals surface area contributed by atoms with Crippen molar-refractivity contribution in [1.29, 1.82) is 0 Å². The van der Waals surface area contributed by atoms with Crippen LogP contribution in [0.5, 0.6) is 5.75 Å². The summed E-state index contributed by atoms with van der Waals surface area (Å²) < 4.78 is 5.89. The zero-order chi connectivity index (χ0) is 15.2. The summed E-state index contributed by atoms with van der Waals surface area (Å²) in [5, 5.41) is 3.44. The van der Waals surface area contributed by atoms with Gasteiger partial charge in [-0.3, -0.25) is 4.90 Å². The molecule has 1 fully saturated rings. The third kappa shape index (κ3) is 3.32. The lowest BCUT2D eigenvalue weighted by molar-refractivity contribution is 0.194. The quantitative estimate of drug-likeness (QED) is 0.917. The fourth-order valence-corrected chi connectivity index (χ4v) is 3.16. The van der Waals surface area contributed by atoms with Gasteiger partial charge >= 0.3 is 0 Å². The number of para-hydroxylation sites is 1. The van der Waals surface area contributed by atoms with Crippen LogP contribution in [-0.2, 0) is 0 Å². The first-order valence-electron chi connectivity index (χ1n) is 8.11. The molecule has 1 aliphatic heterocycles. The van der Waals surface area contributed by atoms with E-state index in [1.54, 1.807) is 0 Å². The maximum absolute atomic E-state index is 5.89. The smallest absolute Gasteiger partial charge is 0.124 e. The second kappa shape index (κ2) is 7.43. The van der Waals surface area contributed by atoms with Crippen molar-refractivity contribution in [1.82, 2.24) is 10.2 Å². The van der Waals surface area contributed by atoms with Gasteiger partial charge in [0.1, 0.15) is 5.75 Å². The van der Waals surface area contributed by atoms with Gasteiger partial charge in [-0.05, 0) is 18.6 Å². The van der Waals surface area contributed by atoms with Crippen molar-refractivity contribution in [3.8, 4) is 5.75 Å². The van der Waals surface area contributed by atoms with E-state index in [2.05, 4.69) is 58.7 Å². The monoisotopic (exact) mass is 296 g/mol. The Morgan fingerprint density at radius 2 is 1.68 bits per heavy atom. The summed E-state index contributed by atoms with van der Waals surface area (Å²) in [5.74, 6) is 0.998. The van der Waals surface area contributed by atoms with Gasteiger partial charge in [-0.2, -0.15) is 0 Å².